The molecule has 21 heavy (non-hydrogen) atoms. The second kappa shape index (κ2) is 5.05. The second-order valence-electron chi connectivity index (χ2n) is 5.70. The van der Waals surface area contributed by atoms with Gasteiger partial charge >= 0.3 is 0 Å². The Labute approximate surface area is 119 Å². The van der Waals surface area contributed by atoms with Gasteiger partial charge < -0.3 is 4.90 Å². The zero-order valence-electron chi connectivity index (χ0n) is 11.2. The van der Waals surface area contributed by atoms with E-state index in [-0.39, 0.29) is 5.56 Å². The molecule has 1 aromatic rings. The average Bonchev–Trinajstić information content (AvgIpc) is 3.01. The number of amides is 1. The molecule has 0 bridgehead atoms. The maximum absolute atomic E-state index is 13.3. The summed E-state index contributed by atoms with van der Waals surface area (Å²) in [5.41, 5.74) is -1.06. The third-order valence-corrected chi connectivity index (χ3v) is 4.48. The van der Waals surface area contributed by atoms with Crippen molar-refractivity contribution >= 4 is 11.6 Å². The summed E-state index contributed by atoms with van der Waals surface area (Å²) in [5.74, 6) is -2.30. The average molecular weight is 296 g/mol. The van der Waals surface area contributed by atoms with Gasteiger partial charge in [-0.15, -0.1) is 0 Å². The number of rotatable bonds is 2. The predicted octanol–water partition coefficient (Wildman–Crippen LogP) is 2.75. The number of carbonyl (C=O) groups excluding carboxylic acids is 1. The molecule has 2 aliphatic rings. The molecule has 2 unspecified atom stereocenters. The number of nitrogens with zero attached hydrogens (tertiary/aromatic N) is 2. The highest BCUT2D eigenvalue weighted by Crippen LogP contribution is 2.38. The fraction of sp³-hybridized carbons (Fsp3) is 0.500. The first-order valence-corrected chi connectivity index (χ1v) is 6.90. The van der Waals surface area contributed by atoms with E-state index in [0.717, 1.165) is 19.3 Å². The number of carbonyl (C=O) groups is 1. The topological polar surface area (TPSA) is 63.4 Å². The van der Waals surface area contributed by atoms with E-state index < -0.39 is 28.2 Å². The molecular formula is C14H14F2N2O3. The molecule has 1 aromatic carbocycles. The van der Waals surface area contributed by atoms with E-state index in [4.69, 9.17) is 0 Å². The molecule has 1 saturated carbocycles. The van der Waals surface area contributed by atoms with Crippen LogP contribution in [-0.4, -0.2) is 28.8 Å². The van der Waals surface area contributed by atoms with Crippen LogP contribution in [0.3, 0.4) is 0 Å². The zero-order valence-corrected chi connectivity index (χ0v) is 11.2. The summed E-state index contributed by atoms with van der Waals surface area (Å²) in [7, 11) is 0. The fourth-order valence-electron chi connectivity index (χ4n) is 3.43. The van der Waals surface area contributed by atoms with E-state index in [1.165, 1.54) is 4.90 Å². The van der Waals surface area contributed by atoms with E-state index in [1.54, 1.807) is 0 Å². The molecule has 1 aliphatic heterocycles. The van der Waals surface area contributed by atoms with Crippen LogP contribution >= 0.6 is 0 Å². The number of likely N-dealkylation sites (tertiary alicyclic amines) is 1. The number of benzene rings is 1. The molecule has 3 rings (SSSR count). The van der Waals surface area contributed by atoms with Gasteiger partial charge in [-0.05, 0) is 30.7 Å². The van der Waals surface area contributed by atoms with Crippen molar-refractivity contribution in [1.29, 1.82) is 0 Å². The van der Waals surface area contributed by atoms with Crippen LogP contribution in [0.15, 0.2) is 12.1 Å². The Bertz CT molecular complexity index is 608. The molecule has 5 nitrogen and oxygen atoms in total. The molecule has 1 amide bonds. The number of halogens is 2. The van der Waals surface area contributed by atoms with Crippen LogP contribution in [0.25, 0.3) is 0 Å². The Morgan fingerprint density at radius 2 is 1.76 bits per heavy atom. The molecule has 0 spiro atoms. The van der Waals surface area contributed by atoms with Crippen molar-refractivity contribution in [3.63, 3.8) is 0 Å². The number of hydrogen-bond donors (Lipinski definition) is 0. The van der Waals surface area contributed by atoms with Crippen molar-refractivity contribution in [3.05, 3.63) is 39.4 Å². The van der Waals surface area contributed by atoms with Gasteiger partial charge in [0.2, 0.25) is 0 Å². The minimum Gasteiger partial charge on any atom is -0.338 e. The molecule has 7 heteroatoms. The molecule has 2 fully saturated rings. The zero-order chi connectivity index (χ0) is 15.1. The minimum atomic E-state index is -1.32. The van der Waals surface area contributed by atoms with Gasteiger partial charge in [-0.25, -0.2) is 8.78 Å². The van der Waals surface area contributed by atoms with Crippen molar-refractivity contribution in [2.24, 2.45) is 11.8 Å². The van der Waals surface area contributed by atoms with Gasteiger partial charge in [0.05, 0.1) is 11.0 Å². The van der Waals surface area contributed by atoms with Crippen LogP contribution in [0, 0.1) is 33.6 Å². The molecule has 112 valence electrons. The van der Waals surface area contributed by atoms with Gasteiger partial charge in [-0.3, -0.25) is 14.9 Å². The van der Waals surface area contributed by atoms with Crippen molar-refractivity contribution in [3.8, 4) is 0 Å². The first kappa shape index (κ1) is 13.9. The lowest BCUT2D eigenvalue weighted by molar-refractivity contribution is -0.385. The summed E-state index contributed by atoms with van der Waals surface area (Å²) in [6.45, 7) is 1.08. The third kappa shape index (κ3) is 2.36. The monoisotopic (exact) mass is 296 g/mol. The van der Waals surface area contributed by atoms with E-state index in [1.807, 2.05) is 0 Å². The van der Waals surface area contributed by atoms with E-state index in [9.17, 15) is 23.7 Å². The Kier molecular flexibility index (Phi) is 3.35. The molecule has 0 N–H and O–H groups in total. The second-order valence-corrected chi connectivity index (χ2v) is 5.70. The highest BCUT2D eigenvalue weighted by molar-refractivity contribution is 5.98. The lowest BCUT2D eigenvalue weighted by Crippen LogP contribution is -2.30. The summed E-state index contributed by atoms with van der Waals surface area (Å²) >= 11 is 0. The molecule has 0 aromatic heterocycles. The number of nitro groups is 1. The van der Waals surface area contributed by atoms with Gasteiger partial charge in [0.15, 0.2) is 11.6 Å². The highest BCUT2D eigenvalue weighted by Gasteiger charge is 2.39. The maximum atomic E-state index is 13.3. The van der Waals surface area contributed by atoms with Crippen molar-refractivity contribution in [1.82, 2.24) is 4.90 Å². The Balaban J connectivity index is 1.91. The molecule has 1 aliphatic carbocycles. The van der Waals surface area contributed by atoms with Gasteiger partial charge in [-0.2, -0.15) is 0 Å². The normalized spacial score (nSPS) is 24.2. The van der Waals surface area contributed by atoms with E-state index in [2.05, 4.69) is 0 Å². The van der Waals surface area contributed by atoms with E-state index >= 15 is 0 Å². The smallest absolute Gasteiger partial charge is 0.285 e. The molecule has 0 radical (unpaired) electrons. The summed E-state index contributed by atoms with van der Waals surface area (Å²) in [6.07, 6.45) is 3.24. The molecular weight excluding hydrogens is 282 g/mol. The maximum Gasteiger partial charge on any atom is 0.285 e. The molecule has 1 heterocycles. The standard InChI is InChI=1S/C14H14F2N2O3/c15-11-4-10(13(18(20)21)5-12(11)16)14(19)17-6-8-2-1-3-9(8)7-17/h4-5,8-9H,1-3,6-7H2. The Hall–Kier alpha value is -2.05. The largest absolute Gasteiger partial charge is 0.338 e. The number of hydrogen-bond acceptors (Lipinski definition) is 3. The number of fused-ring (bicyclic) bond motifs is 1. The van der Waals surface area contributed by atoms with Crippen LogP contribution in [0.5, 0.6) is 0 Å². The van der Waals surface area contributed by atoms with Crippen LogP contribution in [-0.2, 0) is 0 Å². The SMILES string of the molecule is O=C(c1cc(F)c(F)cc1[N+](=O)[O-])N1CC2CCCC2C1. The molecule has 2 atom stereocenters. The van der Waals surface area contributed by atoms with Gasteiger partial charge in [0.25, 0.3) is 11.6 Å². The minimum absolute atomic E-state index is 0.376. The van der Waals surface area contributed by atoms with Crippen molar-refractivity contribution in [2.45, 2.75) is 19.3 Å². The summed E-state index contributed by atoms with van der Waals surface area (Å²) in [5, 5.41) is 10.9. The number of nitro benzene ring substituents is 1. The van der Waals surface area contributed by atoms with Gasteiger partial charge in [-0.1, -0.05) is 6.42 Å². The molecule has 1 saturated heterocycles. The summed E-state index contributed by atoms with van der Waals surface area (Å²) in [4.78, 5) is 24.0. The Morgan fingerprint density at radius 1 is 1.19 bits per heavy atom. The summed E-state index contributed by atoms with van der Waals surface area (Å²) < 4.78 is 26.5. The lowest BCUT2D eigenvalue weighted by Gasteiger charge is -2.17. The van der Waals surface area contributed by atoms with Crippen molar-refractivity contribution < 1.29 is 18.5 Å². The first-order chi connectivity index (χ1) is 9.97. The van der Waals surface area contributed by atoms with Gasteiger partial charge in [0, 0.05) is 13.1 Å². The summed E-state index contributed by atoms with van der Waals surface area (Å²) in [6, 6.07) is 1.10. The van der Waals surface area contributed by atoms with Crippen LogP contribution in [0.2, 0.25) is 0 Å². The fourth-order valence-corrected chi connectivity index (χ4v) is 3.43. The highest BCUT2D eigenvalue weighted by atomic mass is 19.2. The van der Waals surface area contributed by atoms with Crippen molar-refractivity contribution in [2.75, 3.05) is 13.1 Å². The predicted molar refractivity (Wildman–Crippen MR) is 69.7 cm³/mol. The lowest BCUT2D eigenvalue weighted by atomic mass is 10.0. The van der Waals surface area contributed by atoms with Gasteiger partial charge in [0.1, 0.15) is 5.56 Å². The third-order valence-electron chi connectivity index (χ3n) is 4.48. The van der Waals surface area contributed by atoms with Crippen LogP contribution < -0.4 is 0 Å². The quantitative estimate of drug-likeness (QED) is 0.622. The van der Waals surface area contributed by atoms with E-state index in [0.29, 0.717) is 37.1 Å². The van der Waals surface area contributed by atoms with Crippen LogP contribution in [0.4, 0.5) is 14.5 Å². The first-order valence-electron chi connectivity index (χ1n) is 6.90. The van der Waals surface area contributed by atoms with Crippen LogP contribution in [0.1, 0.15) is 29.6 Å². The Morgan fingerprint density at radius 3 is 2.33 bits per heavy atom.